The van der Waals surface area contributed by atoms with E-state index in [9.17, 15) is 18.0 Å². The number of para-hydroxylation sites is 1. The van der Waals surface area contributed by atoms with Gasteiger partial charge < -0.3 is 0 Å². The minimum Gasteiger partial charge on any atom is -0.280 e. The molecule has 7 nitrogen and oxygen atoms in total. The maximum absolute atomic E-state index is 12.4. The number of carbonyl (C=O) groups is 2. The SMILES string of the molecule is O=C(NNC(=O)c1cccs1)c1ccc(S(=O)(=O)Nc2ccccc2)cc1. The first-order valence-electron chi connectivity index (χ1n) is 7.78. The zero-order valence-corrected chi connectivity index (χ0v) is 15.5. The van der Waals surface area contributed by atoms with Crippen molar-refractivity contribution in [3.05, 3.63) is 82.6 Å². The predicted octanol–water partition coefficient (Wildman–Crippen LogP) is 2.62. The Bertz CT molecular complexity index is 1030. The van der Waals surface area contributed by atoms with Crippen molar-refractivity contribution in [2.24, 2.45) is 0 Å². The number of sulfonamides is 1. The Hall–Kier alpha value is -3.17. The zero-order valence-electron chi connectivity index (χ0n) is 13.9. The van der Waals surface area contributed by atoms with E-state index >= 15 is 0 Å². The molecule has 0 saturated heterocycles. The van der Waals surface area contributed by atoms with Gasteiger partial charge in [-0.15, -0.1) is 11.3 Å². The van der Waals surface area contributed by atoms with E-state index in [1.165, 1.54) is 35.6 Å². The molecule has 138 valence electrons. The fourth-order valence-electron chi connectivity index (χ4n) is 2.16. The van der Waals surface area contributed by atoms with Gasteiger partial charge in [-0.3, -0.25) is 25.2 Å². The largest absolute Gasteiger partial charge is 0.280 e. The standard InChI is InChI=1S/C18H15N3O4S2/c22-17(19-20-18(23)16-7-4-12-26-16)13-8-10-15(11-9-13)27(24,25)21-14-5-2-1-3-6-14/h1-12,21H,(H,19,22)(H,20,23). The van der Waals surface area contributed by atoms with E-state index in [0.29, 0.717) is 10.6 Å². The van der Waals surface area contributed by atoms with E-state index in [4.69, 9.17) is 0 Å². The average Bonchev–Trinajstić information content (AvgIpc) is 3.21. The molecule has 9 heteroatoms. The van der Waals surface area contributed by atoms with Crippen LogP contribution in [0.5, 0.6) is 0 Å². The number of thiophene rings is 1. The molecule has 0 unspecified atom stereocenters. The third-order valence-corrected chi connectivity index (χ3v) is 5.75. The number of hydrogen-bond acceptors (Lipinski definition) is 5. The molecule has 2 aromatic carbocycles. The van der Waals surface area contributed by atoms with Gasteiger partial charge in [0.2, 0.25) is 0 Å². The molecular weight excluding hydrogens is 386 g/mol. The third-order valence-electron chi connectivity index (χ3n) is 3.49. The normalized spacial score (nSPS) is 10.8. The maximum atomic E-state index is 12.4. The molecule has 0 aliphatic carbocycles. The zero-order chi connectivity index (χ0) is 19.3. The summed E-state index contributed by atoms with van der Waals surface area (Å²) in [5.74, 6) is -0.982. The first kappa shape index (κ1) is 18.6. The lowest BCUT2D eigenvalue weighted by Crippen LogP contribution is -2.41. The van der Waals surface area contributed by atoms with Gasteiger partial charge in [0.25, 0.3) is 21.8 Å². The van der Waals surface area contributed by atoms with Crippen molar-refractivity contribution in [1.29, 1.82) is 0 Å². The van der Waals surface area contributed by atoms with Crippen LogP contribution < -0.4 is 15.6 Å². The first-order chi connectivity index (χ1) is 13.0. The lowest BCUT2D eigenvalue weighted by molar-refractivity contribution is 0.0849. The summed E-state index contributed by atoms with van der Waals surface area (Å²) in [5, 5.41) is 1.75. The van der Waals surface area contributed by atoms with Crippen LogP contribution in [-0.2, 0) is 10.0 Å². The fraction of sp³-hybridized carbons (Fsp3) is 0. The monoisotopic (exact) mass is 401 g/mol. The Kier molecular flexibility index (Phi) is 5.53. The van der Waals surface area contributed by atoms with Crippen LogP contribution in [0.1, 0.15) is 20.0 Å². The lowest BCUT2D eigenvalue weighted by atomic mass is 10.2. The topological polar surface area (TPSA) is 104 Å². The van der Waals surface area contributed by atoms with Gasteiger partial charge in [0.05, 0.1) is 9.77 Å². The number of amides is 2. The fourth-order valence-corrected chi connectivity index (χ4v) is 3.84. The van der Waals surface area contributed by atoms with Gasteiger partial charge in [-0.25, -0.2) is 8.42 Å². The number of carbonyl (C=O) groups excluding carboxylic acids is 2. The Balaban J connectivity index is 1.64. The molecular formula is C18H15N3O4S2. The van der Waals surface area contributed by atoms with E-state index in [2.05, 4.69) is 15.6 Å². The summed E-state index contributed by atoms with van der Waals surface area (Å²) in [4.78, 5) is 24.4. The minimum absolute atomic E-state index is 0.0190. The summed E-state index contributed by atoms with van der Waals surface area (Å²) < 4.78 is 27.2. The number of benzene rings is 2. The van der Waals surface area contributed by atoms with E-state index < -0.39 is 21.8 Å². The molecule has 0 aliphatic heterocycles. The van der Waals surface area contributed by atoms with Crippen LogP contribution in [0.3, 0.4) is 0 Å². The Morgan fingerprint density at radius 3 is 2.07 bits per heavy atom. The number of hydrogen-bond donors (Lipinski definition) is 3. The second kappa shape index (κ2) is 8.02. The first-order valence-corrected chi connectivity index (χ1v) is 10.1. The van der Waals surface area contributed by atoms with Gasteiger partial charge in [0.15, 0.2) is 0 Å². The van der Waals surface area contributed by atoms with Gasteiger partial charge in [-0.05, 0) is 47.8 Å². The van der Waals surface area contributed by atoms with Crippen LogP contribution in [0.25, 0.3) is 0 Å². The Morgan fingerprint density at radius 2 is 1.44 bits per heavy atom. The Morgan fingerprint density at radius 1 is 0.778 bits per heavy atom. The van der Waals surface area contributed by atoms with Gasteiger partial charge in [0, 0.05) is 11.3 Å². The van der Waals surface area contributed by atoms with Crippen LogP contribution in [0.4, 0.5) is 5.69 Å². The van der Waals surface area contributed by atoms with Crippen molar-refractivity contribution in [2.75, 3.05) is 4.72 Å². The molecule has 3 rings (SSSR count). The summed E-state index contributed by atoms with van der Waals surface area (Å²) >= 11 is 1.25. The molecule has 0 radical (unpaired) electrons. The maximum Gasteiger partial charge on any atom is 0.279 e. The van der Waals surface area contributed by atoms with E-state index in [0.717, 1.165) is 0 Å². The summed E-state index contributed by atoms with van der Waals surface area (Å²) in [5.41, 5.74) is 5.24. The number of hydrazine groups is 1. The third kappa shape index (κ3) is 4.72. The van der Waals surface area contributed by atoms with Crippen molar-refractivity contribution in [2.45, 2.75) is 4.90 Å². The van der Waals surface area contributed by atoms with E-state index in [1.54, 1.807) is 47.8 Å². The molecule has 0 fully saturated rings. The highest BCUT2D eigenvalue weighted by atomic mass is 32.2. The molecule has 0 spiro atoms. The van der Waals surface area contributed by atoms with Crippen LogP contribution in [-0.4, -0.2) is 20.2 Å². The van der Waals surface area contributed by atoms with Crippen LogP contribution in [0.15, 0.2) is 77.0 Å². The molecule has 1 aromatic heterocycles. The second-order valence-corrected chi connectivity index (χ2v) is 8.01. The highest BCUT2D eigenvalue weighted by Crippen LogP contribution is 2.16. The van der Waals surface area contributed by atoms with Crippen LogP contribution in [0, 0.1) is 0 Å². The van der Waals surface area contributed by atoms with Gasteiger partial charge >= 0.3 is 0 Å². The highest BCUT2D eigenvalue weighted by molar-refractivity contribution is 7.92. The molecule has 0 aliphatic rings. The van der Waals surface area contributed by atoms with Crippen molar-refractivity contribution >= 4 is 38.9 Å². The highest BCUT2D eigenvalue weighted by Gasteiger charge is 2.15. The number of nitrogens with one attached hydrogen (secondary N) is 3. The molecule has 0 saturated carbocycles. The molecule has 1 heterocycles. The van der Waals surface area contributed by atoms with E-state index in [-0.39, 0.29) is 10.5 Å². The Labute approximate surface area is 160 Å². The smallest absolute Gasteiger partial charge is 0.279 e. The number of rotatable bonds is 5. The molecule has 27 heavy (non-hydrogen) atoms. The number of anilines is 1. The predicted molar refractivity (Wildman–Crippen MR) is 103 cm³/mol. The lowest BCUT2D eigenvalue weighted by Gasteiger charge is -2.09. The van der Waals surface area contributed by atoms with Crippen molar-refractivity contribution in [3.8, 4) is 0 Å². The molecule has 3 aromatic rings. The summed E-state index contributed by atoms with van der Waals surface area (Å²) in [6, 6.07) is 17.2. The van der Waals surface area contributed by atoms with Crippen molar-refractivity contribution < 1.29 is 18.0 Å². The van der Waals surface area contributed by atoms with Gasteiger partial charge in [-0.1, -0.05) is 24.3 Å². The molecule has 3 N–H and O–H groups in total. The van der Waals surface area contributed by atoms with Gasteiger partial charge in [-0.2, -0.15) is 0 Å². The molecule has 2 amide bonds. The summed E-state index contributed by atoms with van der Waals surface area (Å²) in [7, 11) is -3.76. The quantitative estimate of drug-likeness (QED) is 0.572. The molecule has 0 atom stereocenters. The van der Waals surface area contributed by atoms with Crippen molar-refractivity contribution in [1.82, 2.24) is 10.9 Å². The minimum atomic E-state index is -3.76. The summed E-state index contributed by atoms with van der Waals surface area (Å²) in [6.07, 6.45) is 0. The van der Waals surface area contributed by atoms with E-state index in [1.807, 2.05) is 0 Å². The van der Waals surface area contributed by atoms with Crippen LogP contribution in [0.2, 0.25) is 0 Å². The summed E-state index contributed by atoms with van der Waals surface area (Å²) in [6.45, 7) is 0. The second-order valence-electron chi connectivity index (χ2n) is 5.38. The van der Waals surface area contributed by atoms with Crippen molar-refractivity contribution in [3.63, 3.8) is 0 Å². The average molecular weight is 401 g/mol. The van der Waals surface area contributed by atoms with Crippen LogP contribution >= 0.6 is 11.3 Å². The van der Waals surface area contributed by atoms with Gasteiger partial charge in [0.1, 0.15) is 0 Å². The molecule has 0 bridgehead atoms.